The van der Waals surface area contributed by atoms with Crippen molar-refractivity contribution in [2.75, 3.05) is 19.6 Å². The second kappa shape index (κ2) is 4.20. The smallest absolute Gasteiger partial charge is 0.0996 e. The lowest BCUT2D eigenvalue weighted by molar-refractivity contribution is 0.243. The van der Waals surface area contributed by atoms with Crippen LogP contribution < -0.4 is 0 Å². The molecule has 0 saturated carbocycles. The van der Waals surface area contributed by atoms with Crippen LogP contribution in [0.5, 0.6) is 0 Å². The summed E-state index contributed by atoms with van der Waals surface area (Å²) in [4.78, 5) is 7.22. The minimum Gasteiger partial charge on any atom is -0.472 e. The van der Waals surface area contributed by atoms with Crippen molar-refractivity contribution in [2.24, 2.45) is 0 Å². The third kappa shape index (κ3) is 1.80. The standard InChI is InChI=1S/C16H18N2O/c1-5-16(6-8-18(7-1)12-16)14-2-3-15(17-10-14)13-4-9-19-11-13/h2-4,9-11H,1,5-8,12H2. The molecule has 0 aliphatic carbocycles. The first kappa shape index (κ1) is 11.2. The molecule has 0 N–H and O–H groups in total. The van der Waals surface area contributed by atoms with Gasteiger partial charge in [-0.1, -0.05) is 6.07 Å². The zero-order valence-corrected chi connectivity index (χ0v) is 11.0. The summed E-state index contributed by atoms with van der Waals surface area (Å²) in [7, 11) is 0. The number of pyridine rings is 1. The van der Waals surface area contributed by atoms with Gasteiger partial charge in [-0.05, 0) is 50.0 Å². The van der Waals surface area contributed by atoms with Gasteiger partial charge in [-0.2, -0.15) is 0 Å². The molecule has 4 heterocycles. The summed E-state index contributed by atoms with van der Waals surface area (Å²) in [5.74, 6) is 0. The summed E-state index contributed by atoms with van der Waals surface area (Å²) >= 11 is 0. The highest BCUT2D eigenvalue weighted by atomic mass is 16.3. The van der Waals surface area contributed by atoms with E-state index in [4.69, 9.17) is 4.42 Å². The molecule has 2 unspecified atom stereocenters. The number of hydrogen-bond acceptors (Lipinski definition) is 3. The Morgan fingerprint density at radius 1 is 1.16 bits per heavy atom. The van der Waals surface area contributed by atoms with Gasteiger partial charge < -0.3 is 9.32 Å². The molecule has 2 aromatic rings. The first-order valence-electron chi connectivity index (χ1n) is 7.07. The SMILES string of the molecule is c1cc(-c2ccc(C34CCCN(CC3)C4)cn2)co1. The van der Waals surface area contributed by atoms with Gasteiger partial charge in [-0.25, -0.2) is 0 Å². The number of rotatable bonds is 2. The van der Waals surface area contributed by atoms with Crippen molar-refractivity contribution in [2.45, 2.75) is 24.7 Å². The van der Waals surface area contributed by atoms with Crippen LogP contribution in [-0.2, 0) is 5.41 Å². The van der Waals surface area contributed by atoms with E-state index in [1.807, 2.05) is 6.07 Å². The Balaban J connectivity index is 1.66. The van der Waals surface area contributed by atoms with Crippen LogP contribution in [0.15, 0.2) is 41.3 Å². The van der Waals surface area contributed by atoms with Crippen LogP contribution in [0.1, 0.15) is 24.8 Å². The Morgan fingerprint density at radius 2 is 2.16 bits per heavy atom. The highest BCUT2D eigenvalue weighted by Crippen LogP contribution is 2.41. The lowest BCUT2D eigenvalue weighted by Crippen LogP contribution is -2.36. The van der Waals surface area contributed by atoms with E-state index in [9.17, 15) is 0 Å². The van der Waals surface area contributed by atoms with E-state index in [0.717, 1.165) is 11.3 Å². The second-order valence-corrected chi connectivity index (χ2v) is 5.85. The Bertz CT molecular complexity index is 557. The molecule has 0 spiro atoms. The number of fused-ring (bicyclic) bond motifs is 2. The van der Waals surface area contributed by atoms with Crippen LogP contribution in [0.2, 0.25) is 0 Å². The van der Waals surface area contributed by atoms with Gasteiger partial charge in [0, 0.05) is 23.7 Å². The normalized spacial score (nSPS) is 29.6. The van der Waals surface area contributed by atoms with Crippen LogP contribution in [0.3, 0.4) is 0 Å². The molecule has 2 atom stereocenters. The van der Waals surface area contributed by atoms with Crippen LogP contribution >= 0.6 is 0 Å². The maximum absolute atomic E-state index is 5.12. The lowest BCUT2D eigenvalue weighted by Gasteiger charge is -2.34. The molecule has 0 amide bonds. The highest BCUT2D eigenvalue weighted by molar-refractivity contribution is 5.57. The minimum atomic E-state index is 0.375. The van der Waals surface area contributed by atoms with Gasteiger partial charge in [0.15, 0.2) is 0 Å². The van der Waals surface area contributed by atoms with Gasteiger partial charge in [0.25, 0.3) is 0 Å². The molecule has 2 fully saturated rings. The summed E-state index contributed by atoms with van der Waals surface area (Å²) in [6, 6.07) is 6.36. The predicted molar refractivity (Wildman–Crippen MR) is 73.9 cm³/mol. The molecule has 2 aliphatic heterocycles. The number of aromatic nitrogens is 1. The Kier molecular flexibility index (Phi) is 2.49. The first-order valence-corrected chi connectivity index (χ1v) is 7.07. The van der Waals surface area contributed by atoms with E-state index >= 15 is 0 Å². The summed E-state index contributed by atoms with van der Waals surface area (Å²) < 4.78 is 5.12. The van der Waals surface area contributed by atoms with E-state index in [0.29, 0.717) is 5.41 Å². The number of piperidine rings is 1. The zero-order valence-electron chi connectivity index (χ0n) is 11.0. The van der Waals surface area contributed by atoms with E-state index < -0.39 is 0 Å². The van der Waals surface area contributed by atoms with Gasteiger partial charge in [-0.3, -0.25) is 4.98 Å². The Morgan fingerprint density at radius 3 is 2.95 bits per heavy atom. The van der Waals surface area contributed by atoms with Crippen LogP contribution in [0.25, 0.3) is 11.3 Å². The van der Waals surface area contributed by atoms with Gasteiger partial charge in [0.2, 0.25) is 0 Å². The number of nitrogens with zero attached hydrogens (tertiary/aromatic N) is 2. The molecule has 98 valence electrons. The van der Waals surface area contributed by atoms with Crippen molar-refractivity contribution in [3.63, 3.8) is 0 Å². The lowest BCUT2D eigenvalue weighted by atomic mass is 9.75. The highest BCUT2D eigenvalue weighted by Gasteiger charge is 2.42. The van der Waals surface area contributed by atoms with E-state index in [1.54, 1.807) is 12.5 Å². The first-order chi connectivity index (χ1) is 9.36. The van der Waals surface area contributed by atoms with Crippen LogP contribution in [-0.4, -0.2) is 29.5 Å². The minimum absolute atomic E-state index is 0.375. The average Bonchev–Trinajstić information content (AvgIpc) is 3.09. The fraction of sp³-hybridized carbons (Fsp3) is 0.438. The summed E-state index contributed by atoms with van der Waals surface area (Å²) in [5.41, 5.74) is 3.85. The quantitative estimate of drug-likeness (QED) is 0.824. The molecule has 19 heavy (non-hydrogen) atoms. The van der Waals surface area contributed by atoms with Gasteiger partial charge in [-0.15, -0.1) is 0 Å². The van der Waals surface area contributed by atoms with E-state index in [-0.39, 0.29) is 0 Å². The third-order valence-corrected chi connectivity index (χ3v) is 4.76. The Labute approximate surface area is 113 Å². The molecule has 0 aromatic carbocycles. The van der Waals surface area contributed by atoms with E-state index in [1.165, 1.54) is 44.5 Å². The predicted octanol–water partition coefficient (Wildman–Crippen LogP) is 3.08. The monoisotopic (exact) mass is 254 g/mol. The molecule has 2 aliphatic rings. The van der Waals surface area contributed by atoms with Gasteiger partial charge in [0.05, 0.1) is 18.2 Å². The van der Waals surface area contributed by atoms with Crippen molar-refractivity contribution in [3.8, 4) is 11.3 Å². The molecular formula is C16H18N2O. The fourth-order valence-electron chi connectivity index (χ4n) is 3.66. The molecular weight excluding hydrogens is 236 g/mol. The topological polar surface area (TPSA) is 29.3 Å². The average molecular weight is 254 g/mol. The van der Waals surface area contributed by atoms with Gasteiger partial charge in [0.1, 0.15) is 0 Å². The second-order valence-electron chi connectivity index (χ2n) is 5.85. The van der Waals surface area contributed by atoms with E-state index in [2.05, 4.69) is 28.2 Å². The molecule has 2 aromatic heterocycles. The fourth-order valence-corrected chi connectivity index (χ4v) is 3.66. The van der Waals surface area contributed by atoms with Crippen molar-refractivity contribution >= 4 is 0 Å². The van der Waals surface area contributed by atoms with Crippen molar-refractivity contribution in [3.05, 3.63) is 42.5 Å². The van der Waals surface area contributed by atoms with Gasteiger partial charge >= 0.3 is 0 Å². The van der Waals surface area contributed by atoms with Crippen LogP contribution in [0, 0.1) is 0 Å². The van der Waals surface area contributed by atoms with Crippen molar-refractivity contribution < 1.29 is 4.42 Å². The molecule has 2 saturated heterocycles. The molecule has 0 radical (unpaired) electrons. The van der Waals surface area contributed by atoms with Crippen molar-refractivity contribution in [1.82, 2.24) is 9.88 Å². The Hall–Kier alpha value is -1.61. The number of hydrogen-bond donors (Lipinski definition) is 0. The molecule has 3 heteroatoms. The third-order valence-electron chi connectivity index (χ3n) is 4.76. The maximum Gasteiger partial charge on any atom is 0.0996 e. The summed E-state index contributed by atoms with van der Waals surface area (Å²) in [6.45, 7) is 3.76. The molecule has 4 rings (SSSR count). The summed E-state index contributed by atoms with van der Waals surface area (Å²) in [6.07, 6.45) is 9.45. The van der Waals surface area contributed by atoms with Crippen molar-refractivity contribution in [1.29, 1.82) is 0 Å². The van der Waals surface area contributed by atoms with Crippen LogP contribution in [0.4, 0.5) is 0 Å². The maximum atomic E-state index is 5.12. The molecule has 3 nitrogen and oxygen atoms in total. The molecule has 2 bridgehead atoms. The largest absolute Gasteiger partial charge is 0.472 e. The zero-order chi connectivity index (χ0) is 12.7. The summed E-state index contributed by atoms with van der Waals surface area (Å²) in [5, 5.41) is 0. The number of furan rings is 1.